The quantitative estimate of drug-likeness (QED) is 0.0900. The number of ether oxygens (including phenoxy) is 3. The van der Waals surface area contributed by atoms with Crippen LogP contribution in [0.25, 0.3) is 0 Å². The van der Waals surface area contributed by atoms with Crippen molar-refractivity contribution in [2.45, 2.75) is 184 Å². The predicted octanol–water partition coefficient (Wildman–Crippen LogP) is 10.4. The first-order valence-electron chi connectivity index (χ1n) is 20.6. The molecule has 0 radical (unpaired) electrons. The average Bonchev–Trinajstić information content (AvgIpc) is 3.13. The second kappa shape index (κ2) is 19.7. The van der Waals surface area contributed by atoms with Crippen molar-refractivity contribution in [2.24, 2.45) is 0 Å². The fourth-order valence-corrected chi connectivity index (χ4v) is 17.8. The van der Waals surface area contributed by atoms with Gasteiger partial charge in [-0.3, -0.25) is 4.79 Å². The molecule has 2 saturated heterocycles. The van der Waals surface area contributed by atoms with E-state index in [-0.39, 0.29) is 46.7 Å². The minimum Gasteiger partial charge on any atom is -0.409 e. The fraction of sp³-hybridized carbons (Fsp3) is 0.705. The van der Waals surface area contributed by atoms with Crippen LogP contribution in [0.1, 0.15) is 113 Å². The van der Waals surface area contributed by atoms with Gasteiger partial charge in [-0.2, -0.15) is 0 Å². The summed E-state index contributed by atoms with van der Waals surface area (Å²) in [5.74, 6) is -0.0287. The Balaban J connectivity index is 1.51. The summed E-state index contributed by atoms with van der Waals surface area (Å²) in [7, 11) is -4.97. The van der Waals surface area contributed by atoms with Crippen molar-refractivity contribution in [2.75, 3.05) is 13.2 Å². The molecule has 8 nitrogen and oxygen atoms in total. The minimum atomic E-state index is -2.86. The van der Waals surface area contributed by atoms with Crippen molar-refractivity contribution in [1.82, 2.24) is 0 Å². The normalized spacial score (nSPS) is 26.9. The van der Waals surface area contributed by atoms with Crippen LogP contribution in [0.15, 0.2) is 60.7 Å². The summed E-state index contributed by atoms with van der Waals surface area (Å²) < 4.78 is 40.5. The molecule has 0 saturated carbocycles. The average molecular weight is 864 g/mol. The van der Waals surface area contributed by atoms with Gasteiger partial charge in [-0.15, -0.1) is 0 Å². The monoisotopic (exact) mass is 862 g/mol. The SMILES string of the molecule is CC[Si](CC)(O[C@@H]1CO[Si](C(C)(C)C)(C(C)(C)C)O[C@H]1C[C@H](Br)C(=O)C[C@@H]1O[C@H](CCOCc2ccccc2)[C@@H](OCc2ccccc2)C[C@@]1(C)O)C(C)C. The summed E-state index contributed by atoms with van der Waals surface area (Å²) in [5.41, 5.74) is 1.31. The van der Waals surface area contributed by atoms with Gasteiger partial charge in [-0.05, 0) is 48.5 Å². The van der Waals surface area contributed by atoms with E-state index < -0.39 is 33.4 Å². The molecule has 4 rings (SSSR count). The van der Waals surface area contributed by atoms with Gasteiger partial charge in [-0.1, -0.05) is 146 Å². The second-order valence-electron chi connectivity index (χ2n) is 18.4. The molecule has 0 amide bonds. The van der Waals surface area contributed by atoms with E-state index in [0.29, 0.717) is 51.2 Å². The summed E-state index contributed by atoms with van der Waals surface area (Å²) in [6, 6.07) is 22.1. The number of carbonyl (C=O) groups excluding carboxylic acids is 1. The number of alkyl halides is 1. The van der Waals surface area contributed by atoms with Crippen molar-refractivity contribution in [3.8, 4) is 0 Å². The molecule has 1 N–H and O–H groups in total. The molecule has 0 aliphatic carbocycles. The lowest BCUT2D eigenvalue weighted by atomic mass is 9.83. The number of carbonyl (C=O) groups is 1. The summed E-state index contributed by atoms with van der Waals surface area (Å²) in [4.78, 5) is 13.7. The number of ketones is 1. The highest BCUT2D eigenvalue weighted by molar-refractivity contribution is 9.10. The molecular formula is C44H71BrO8Si2. The van der Waals surface area contributed by atoms with Gasteiger partial charge < -0.3 is 32.6 Å². The van der Waals surface area contributed by atoms with Crippen molar-refractivity contribution in [3.63, 3.8) is 0 Å². The van der Waals surface area contributed by atoms with Gasteiger partial charge >= 0.3 is 8.56 Å². The lowest BCUT2D eigenvalue weighted by molar-refractivity contribution is -0.227. The molecule has 2 aliphatic rings. The molecule has 2 aromatic carbocycles. The Morgan fingerprint density at radius 3 is 2.02 bits per heavy atom. The molecule has 310 valence electrons. The van der Waals surface area contributed by atoms with Crippen LogP contribution in [0.2, 0.25) is 27.7 Å². The Morgan fingerprint density at radius 2 is 1.49 bits per heavy atom. The standard InChI is InChI=1S/C44H71BrO8Si2/c1-12-54(13-2,32(3)4)52-40-31-50-55(42(5,6)7,43(8,9)10)53-38(40)26-35(45)36(46)27-41-44(11,47)28-39(49-30-34-22-18-15-19-23-34)37(51-41)24-25-48-29-33-20-16-14-17-21-33/h14-23,32,35,37-41,47H,12-13,24-31H2,1-11H3/t35-,37+,38-,39-,40+,41-,44+/m0/s1. The van der Waals surface area contributed by atoms with E-state index in [4.69, 9.17) is 27.5 Å². The Kier molecular flexibility index (Phi) is 16.6. The van der Waals surface area contributed by atoms with Gasteiger partial charge in [0.05, 0.1) is 60.8 Å². The molecule has 2 aromatic rings. The summed E-state index contributed by atoms with van der Waals surface area (Å²) in [5, 5.41) is 11.4. The van der Waals surface area contributed by atoms with E-state index in [1.165, 1.54) is 0 Å². The van der Waals surface area contributed by atoms with E-state index in [1.807, 2.05) is 60.7 Å². The molecule has 2 aliphatic heterocycles. The zero-order chi connectivity index (χ0) is 40.7. The van der Waals surface area contributed by atoms with Crippen LogP contribution in [-0.2, 0) is 45.5 Å². The number of aliphatic hydroxyl groups is 1. The Hall–Kier alpha value is -1.26. The first-order valence-corrected chi connectivity index (χ1v) is 25.7. The zero-order valence-electron chi connectivity index (χ0n) is 35.6. The van der Waals surface area contributed by atoms with Crippen molar-refractivity contribution >= 4 is 38.6 Å². The molecule has 0 aromatic heterocycles. The van der Waals surface area contributed by atoms with Crippen LogP contribution in [-0.4, -0.2) is 81.9 Å². The molecule has 0 unspecified atom stereocenters. The highest BCUT2D eigenvalue weighted by Crippen LogP contribution is 2.55. The van der Waals surface area contributed by atoms with Crippen LogP contribution in [0.5, 0.6) is 0 Å². The number of benzene rings is 2. The van der Waals surface area contributed by atoms with E-state index in [0.717, 1.165) is 23.2 Å². The molecule has 0 spiro atoms. The lowest BCUT2D eigenvalue weighted by Crippen LogP contribution is -2.66. The van der Waals surface area contributed by atoms with Gasteiger partial charge in [0.1, 0.15) is 5.78 Å². The van der Waals surface area contributed by atoms with Crippen molar-refractivity contribution in [1.29, 1.82) is 0 Å². The van der Waals surface area contributed by atoms with Gasteiger partial charge in [0.25, 0.3) is 0 Å². The molecular weight excluding hydrogens is 793 g/mol. The maximum absolute atomic E-state index is 14.3. The van der Waals surface area contributed by atoms with E-state index in [9.17, 15) is 9.90 Å². The minimum absolute atomic E-state index is 0.0287. The molecule has 2 heterocycles. The lowest BCUT2D eigenvalue weighted by Gasteiger charge is -2.56. The van der Waals surface area contributed by atoms with E-state index in [1.54, 1.807) is 6.92 Å². The largest absolute Gasteiger partial charge is 0.409 e. The van der Waals surface area contributed by atoms with Crippen LogP contribution in [0.4, 0.5) is 0 Å². The van der Waals surface area contributed by atoms with E-state index in [2.05, 4.69) is 85.2 Å². The van der Waals surface area contributed by atoms with Gasteiger partial charge in [0.2, 0.25) is 0 Å². The van der Waals surface area contributed by atoms with Gasteiger partial charge in [0.15, 0.2) is 8.32 Å². The van der Waals surface area contributed by atoms with Crippen LogP contribution >= 0.6 is 15.9 Å². The summed E-state index contributed by atoms with van der Waals surface area (Å²) in [6.45, 7) is 25.9. The highest BCUT2D eigenvalue weighted by Gasteiger charge is 2.62. The molecule has 0 bridgehead atoms. The van der Waals surface area contributed by atoms with Gasteiger partial charge in [-0.25, -0.2) is 0 Å². The van der Waals surface area contributed by atoms with Crippen molar-refractivity contribution in [3.05, 3.63) is 71.8 Å². The van der Waals surface area contributed by atoms with Crippen LogP contribution in [0, 0.1) is 0 Å². The maximum atomic E-state index is 14.3. The van der Waals surface area contributed by atoms with Crippen LogP contribution < -0.4 is 0 Å². The Bertz CT molecular complexity index is 1440. The third-order valence-corrected chi connectivity index (χ3v) is 23.3. The number of hydrogen-bond donors (Lipinski definition) is 1. The predicted molar refractivity (Wildman–Crippen MR) is 229 cm³/mol. The number of Topliss-reactive ketones (excluding diaryl/α,β-unsaturated/α-hetero) is 1. The third-order valence-electron chi connectivity index (χ3n) is 12.0. The van der Waals surface area contributed by atoms with Crippen LogP contribution in [0.3, 0.4) is 0 Å². The number of halogens is 1. The smallest absolute Gasteiger partial charge is 0.349 e. The molecule has 2 fully saturated rings. The van der Waals surface area contributed by atoms with E-state index >= 15 is 0 Å². The Morgan fingerprint density at radius 1 is 0.927 bits per heavy atom. The maximum Gasteiger partial charge on any atom is 0.349 e. The first-order chi connectivity index (χ1) is 25.8. The second-order valence-corrected chi connectivity index (χ2v) is 29.2. The fourth-order valence-electron chi connectivity index (χ4n) is 8.71. The van der Waals surface area contributed by atoms with Gasteiger partial charge in [0, 0.05) is 29.5 Å². The highest BCUT2D eigenvalue weighted by atomic mass is 79.9. The summed E-state index contributed by atoms with van der Waals surface area (Å²) >= 11 is 3.82. The summed E-state index contributed by atoms with van der Waals surface area (Å²) in [6.07, 6.45) is -0.624. The number of hydrogen-bond acceptors (Lipinski definition) is 8. The molecule has 7 atom stereocenters. The Labute approximate surface area is 343 Å². The number of rotatable bonds is 18. The first kappa shape index (κ1) is 46.4. The molecule has 55 heavy (non-hydrogen) atoms. The van der Waals surface area contributed by atoms with Crippen molar-refractivity contribution < 1.29 is 37.4 Å². The molecule has 11 heteroatoms. The zero-order valence-corrected chi connectivity index (χ0v) is 39.2. The third kappa shape index (κ3) is 11.7. The topological polar surface area (TPSA) is 92.7 Å².